The molecule has 0 unspecified atom stereocenters. The first-order valence-electron chi connectivity index (χ1n) is 17.5. The number of hydrogen-bond donors (Lipinski definition) is 0. The molecule has 0 saturated carbocycles. The predicted octanol–water partition coefficient (Wildman–Crippen LogP) is 13.6. The number of unbranched alkanes of at least 4 members (excludes halogenated alkanes) is 8. The molecule has 3 aromatic heterocycles. The van der Waals surface area contributed by atoms with Gasteiger partial charge in [0.15, 0.2) is 0 Å². The van der Waals surface area contributed by atoms with Crippen molar-refractivity contribution in [2.24, 2.45) is 0 Å². The minimum atomic E-state index is 0.818. The lowest BCUT2D eigenvalue weighted by atomic mass is 10.1. The number of benzene rings is 4. The van der Waals surface area contributed by atoms with Crippen molar-refractivity contribution in [3.05, 3.63) is 107 Å². The summed E-state index contributed by atoms with van der Waals surface area (Å²) in [6.07, 6.45) is 14.8. The SMILES string of the molecule is c1ccc(OCCCCCCCc2cc3cc4c(cc3s2)sc2cc3sc(CCCCCCCOc5ccccc5)cc3cc24)cc1. The normalized spacial score (nSPS) is 11.7. The zero-order chi connectivity index (χ0) is 31.7. The molecular weight excluding hydrogens is 633 g/mol. The zero-order valence-corrected chi connectivity index (χ0v) is 29.6. The molecule has 242 valence electrons. The molecule has 7 rings (SSSR count). The molecule has 4 aromatic carbocycles. The van der Waals surface area contributed by atoms with Crippen LogP contribution in [0, 0.1) is 0 Å². The topological polar surface area (TPSA) is 18.5 Å². The summed E-state index contributed by atoms with van der Waals surface area (Å²) in [5.74, 6) is 1.96. The van der Waals surface area contributed by atoms with Crippen molar-refractivity contribution in [2.45, 2.75) is 77.0 Å². The summed E-state index contributed by atoms with van der Waals surface area (Å²) < 4.78 is 17.4. The fraction of sp³-hybridized carbons (Fsp3) is 0.333. The third kappa shape index (κ3) is 8.56. The van der Waals surface area contributed by atoms with Crippen LogP contribution in [0.25, 0.3) is 40.3 Å². The van der Waals surface area contributed by atoms with E-state index in [1.807, 2.05) is 94.7 Å². The van der Waals surface area contributed by atoms with Gasteiger partial charge in [0.2, 0.25) is 0 Å². The van der Waals surface area contributed by atoms with Gasteiger partial charge >= 0.3 is 0 Å². The van der Waals surface area contributed by atoms with Gasteiger partial charge in [-0.1, -0.05) is 74.9 Å². The summed E-state index contributed by atoms with van der Waals surface area (Å²) in [5, 5.41) is 5.66. The van der Waals surface area contributed by atoms with Gasteiger partial charge in [0.1, 0.15) is 11.5 Å². The van der Waals surface area contributed by atoms with Crippen LogP contribution in [0.5, 0.6) is 11.5 Å². The molecule has 2 nitrogen and oxygen atoms in total. The van der Waals surface area contributed by atoms with Crippen molar-refractivity contribution in [2.75, 3.05) is 13.2 Å². The van der Waals surface area contributed by atoms with Crippen LogP contribution in [0.1, 0.15) is 74.0 Å². The van der Waals surface area contributed by atoms with Gasteiger partial charge in [0.25, 0.3) is 0 Å². The highest BCUT2D eigenvalue weighted by molar-refractivity contribution is 7.27. The van der Waals surface area contributed by atoms with Gasteiger partial charge in [0.05, 0.1) is 13.2 Å². The Morgan fingerprint density at radius 1 is 0.383 bits per heavy atom. The number of hydrogen-bond acceptors (Lipinski definition) is 5. The molecule has 7 aromatic rings. The first kappa shape index (κ1) is 32.2. The van der Waals surface area contributed by atoms with Crippen LogP contribution >= 0.6 is 34.0 Å². The van der Waals surface area contributed by atoms with Gasteiger partial charge in [-0.25, -0.2) is 0 Å². The summed E-state index contributed by atoms with van der Waals surface area (Å²) in [6.45, 7) is 1.64. The van der Waals surface area contributed by atoms with Gasteiger partial charge < -0.3 is 9.47 Å². The number of aryl methyl sites for hydroxylation is 2. The summed E-state index contributed by atoms with van der Waals surface area (Å²) in [7, 11) is 0. The third-order valence-corrected chi connectivity index (χ3v) is 12.4. The maximum atomic E-state index is 5.83. The molecule has 5 heteroatoms. The maximum absolute atomic E-state index is 5.83. The number of fused-ring (bicyclic) bond motifs is 5. The fourth-order valence-corrected chi connectivity index (χ4v) is 10.0. The van der Waals surface area contributed by atoms with E-state index >= 15 is 0 Å². The Morgan fingerprint density at radius 3 is 1.28 bits per heavy atom. The third-order valence-electron chi connectivity index (χ3n) is 9.01. The molecule has 0 spiro atoms. The lowest BCUT2D eigenvalue weighted by Gasteiger charge is -2.05. The first-order valence-corrected chi connectivity index (χ1v) is 19.9. The Morgan fingerprint density at radius 2 is 0.809 bits per heavy atom. The molecule has 0 radical (unpaired) electrons. The largest absolute Gasteiger partial charge is 0.494 e. The maximum Gasteiger partial charge on any atom is 0.119 e. The predicted molar refractivity (Wildman–Crippen MR) is 208 cm³/mol. The number of para-hydroxylation sites is 2. The van der Waals surface area contributed by atoms with Gasteiger partial charge in [-0.2, -0.15) is 0 Å². The second-order valence-corrected chi connectivity index (χ2v) is 16.1. The molecule has 0 atom stereocenters. The van der Waals surface area contributed by atoms with Crippen molar-refractivity contribution < 1.29 is 9.47 Å². The molecule has 0 saturated heterocycles. The summed E-state index contributed by atoms with van der Waals surface area (Å²) >= 11 is 5.95. The standard InChI is InChI=1S/C42H44O2S3/c1(5-15-23-43-33-17-9-7-10-18-33)3-13-21-35-25-31-27-37-38-28-32-26-36(46-40(32)30-42(38)47-41(37)29-39(31)45-35)22-14-4-2-6-16-24-44-34-19-11-8-12-20-34/h7-12,17-20,25-30H,1-6,13-16,21-24H2. The fourth-order valence-electron chi connectivity index (χ4n) is 6.48. The Labute approximate surface area is 291 Å². The number of thiophene rings is 3. The lowest BCUT2D eigenvalue weighted by Crippen LogP contribution is -1.96. The number of ether oxygens (including phenoxy) is 2. The molecule has 0 aliphatic rings. The van der Waals surface area contributed by atoms with Gasteiger partial charge in [-0.15, -0.1) is 34.0 Å². The highest BCUT2D eigenvalue weighted by atomic mass is 32.1. The van der Waals surface area contributed by atoms with Crippen LogP contribution in [-0.2, 0) is 12.8 Å². The van der Waals surface area contributed by atoms with Crippen molar-refractivity contribution in [3.8, 4) is 11.5 Å². The van der Waals surface area contributed by atoms with E-state index in [1.165, 1.54) is 114 Å². The minimum absolute atomic E-state index is 0.818. The Balaban J connectivity index is 0.874. The van der Waals surface area contributed by atoms with Crippen LogP contribution in [0.4, 0.5) is 0 Å². The highest BCUT2D eigenvalue weighted by Gasteiger charge is 2.12. The smallest absolute Gasteiger partial charge is 0.119 e. The average molecular weight is 677 g/mol. The van der Waals surface area contributed by atoms with E-state index in [0.29, 0.717) is 0 Å². The van der Waals surface area contributed by atoms with E-state index < -0.39 is 0 Å². The summed E-state index contributed by atoms with van der Waals surface area (Å²) in [6, 6.07) is 35.0. The molecule has 0 bridgehead atoms. The number of rotatable bonds is 18. The van der Waals surface area contributed by atoms with Crippen LogP contribution in [0.2, 0.25) is 0 Å². The van der Waals surface area contributed by atoms with Crippen molar-refractivity contribution in [1.82, 2.24) is 0 Å². The Bertz CT molecular complexity index is 1860. The molecule has 0 fully saturated rings. The highest BCUT2D eigenvalue weighted by Crippen LogP contribution is 2.42. The zero-order valence-electron chi connectivity index (χ0n) is 27.2. The Kier molecular flexibility index (Phi) is 11.1. The van der Waals surface area contributed by atoms with Crippen molar-refractivity contribution >= 4 is 74.4 Å². The van der Waals surface area contributed by atoms with E-state index in [4.69, 9.17) is 9.47 Å². The Hall–Kier alpha value is -3.38. The second kappa shape index (κ2) is 16.1. The van der Waals surface area contributed by atoms with Gasteiger partial charge in [-0.3, -0.25) is 0 Å². The monoisotopic (exact) mass is 676 g/mol. The van der Waals surface area contributed by atoms with Gasteiger partial charge in [-0.05, 0) is 110 Å². The summed E-state index contributed by atoms with van der Waals surface area (Å²) in [5.41, 5.74) is 0. The molecule has 0 amide bonds. The minimum Gasteiger partial charge on any atom is -0.494 e. The van der Waals surface area contributed by atoms with Crippen molar-refractivity contribution in [1.29, 1.82) is 0 Å². The molecular formula is C42H44O2S3. The van der Waals surface area contributed by atoms with E-state index in [9.17, 15) is 0 Å². The molecule has 0 aliphatic heterocycles. The van der Waals surface area contributed by atoms with Crippen LogP contribution in [0.15, 0.2) is 97.1 Å². The lowest BCUT2D eigenvalue weighted by molar-refractivity contribution is 0.304. The van der Waals surface area contributed by atoms with E-state index in [0.717, 1.165) is 37.6 Å². The van der Waals surface area contributed by atoms with Gasteiger partial charge in [0, 0.05) is 39.3 Å². The molecule has 0 N–H and O–H groups in total. The molecule has 0 aliphatic carbocycles. The quantitative estimate of drug-likeness (QED) is 0.0842. The van der Waals surface area contributed by atoms with E-state index in [-0.39, 0.29) is 0 Å². The van der Waals surface area contributed by atoms with Crippen LogP contribution in [0.3, 0.4) is 0 Å². The first-order chi connectivity index (χ1) is 23.3. The van der Waals surface area contributed by atoms with E-state index in [2.05, 4.69) is 36.4 Å². The average Bonchev–Trinajstić information content (AvgIpc) is 3.79. The van der Waals surface area contributed by atoms with E-state index in [1.54, 1.807) is 0 Å². The summed E-state index contributed by atoms with van der Waals surface area (Å²) in [4.78, 5) is 3.06. The molecule has 47 heavy (non-hydrogen) atoms. The van der Waals surface area contributed by atoms with Crippen LogP contribution < -0.4 is 9.47 Å². The second-order valence-electron chi connectivity index (χ2n) is 12.7. The van der Waals surface area contributed by atoms with Crippen molar-refractivity contribution in [3.63, 3.8) is 0 Å². The molecule has 3 heterocycles. The van der Waals surface area contributed by atoms with Crippen LogP contribution in [-0.4, -0.2) is 13.2 Å².